The van der Waals surface area contributed by atoms with E-state index in [1.807, 2.05) is 30.3 Å². The molecule has 0 spiro atoms. The van der Waals surface area contributed by atoms with E-state index in [4.69, 9.17) is 9.84 Å². The molecule has 0 aromatic heterocycles. The van der Waals surface area contributed by atoms with Crippen molar-refractivity contribution in [2.24, 2.45) is 5.92 Å². The molecule has 1 heterocycles. The number of hydrogen-bond acceptors (Lipinski definition) is 3. The van der Waals surface area contributed by atoms with Crippen molar-refractivity contribution in [3.8, 4) is 0 Å². The van der Waals surface area contributed by atoms with E-state index >= 15 is 0 Å². The highest BCUT2D eigenvalue weighted by Gasteiger charge is 2.26. The van der Waals surface area contributed by atoms with Crippen molar-refractivity contribution < 1.29 is 19.4 Å². The first-order chi connectivity index (χ1) is 10.1. The van der Waals surface area contributed by atoms with Crippen molar-refractivity contribution in [2.75, 3.05) is 19.7 Å². The second kappa shape index (κ2) is 7.78. The summed E-state index contributed by atoms with van der Waals surface area (Å²) < 4.78 is 5.70. The Hall–Kier alpha value is -1.88. The van der Waals surface area contributed by atoms with Gasteiger partial charge in [-0.1, -0.05) is 30.3 Å². The van der Waals surface area contributed by atoms with Crippen LogP contribution in [0.1, 0.15) is 24.8 Å². The average Bonchev–Trinajstić information content (AvgIpc) is 2.95. The maximum atomic E-state index is 11.8. The fourth-order valence-corrected chi connectivity index (χ4v) is 2.48. The summed E-state index contributed by atoms with van der Waals surface area (Å²) in [4.78, 5) is 24.0. The molecule has 1 unspecified atom stereocenters. The lowest BCUT2D eigenvalue weighted by Gasteiger charge is -2.16. The van der Waals surface area contributed by atoms with Crippen LogP contribution in [-0.4, -0.2) is 41.6 Å². The van der Waals surface area contributed by atoms with Crippen molar-refractivity contribution in [1.82, 2.24) is 4.90 Å². The monoisotopic (exact) mass is 291 g/mol. The van der Waals surface area contributed by atoms with Gasteiger partial charge in [-0.2, -0.15) is 0 Å². The van der Waals surface area contributed by atoms with Crippen LogP contribution in [0.3, 0.4) is 0 Å². The zero-order valence-electron chi connectivity index (χ0n) is 12.0. The summed E-state index contributed by atoms with van der Waals surface area (Å²) in [5, 5.41) is 8.59. The highest BCUT2D eigenvalue weighted by atomic mass is 16.5. The molecular weight excluding hydrogens is 270 g/mol. The average molecular weight is 291 g/mol. The number of ether oxygens (including phenoxy) is 1. The Kier molecular flexibility index (Phi) is 5.75. The Bertz CT molecular complexity index is 474. The first kappa shape index (κ1) is 15.5. The van der Waals surface area contributed by atoms with Crippen LogP contribution in [0.15, 0.2) is 30.3 Å². The quantitative estimate of drug-likeness (QED) is 0.833. The fourth-order valence-electron chi connectivity index (χ4n) is 2.48. The SMILES string of the molecule is O=C(O)CCC(=O)N1CCC(COCc2ccccc2)C1. The topological polar surface area (TPSA) is 66.8 Å². The summed E-state index contributed by atoms with van der Waals surface area (Å²) in [5.74, 6) is -0.643. The summed E-state index contributed by atoms with van der Waals surface area (Å²) in [6, 6.07) is 9.99. The number of carboxylic acids is 1. The van der Waals surface area contributed by atoms with Crippen LogP contribution in [0.25, 0.3) is 0 Å². The number of carbonyl (C=O) groups is 2. The van der Waals surface area contributed by atoms with E-state index in [0.717, 1.165) is 12.0 Å². The van der Waals surface area contributed by atoms with Crippen LogP contribution in [0, 0.1) is 5.92 Å². The molecule has 2 rings (SSSR count). The minimum atomic E-state index is -0.926. The van der Waals surface area contributed by atoms with Crippen molar-refractivity contribution in [2.45, 2.75) is 25.9 Å². The van der Waals surface area contributed by atoms with Gasteiger partial charge in [0.05, 0.1) is 19.6 Å². The summed E-state index contributed by atoms with van der Waals surface area (Å²) in [7, 11) is 0. The molecular formula is C16H21NO4. The van der Waals surface area contributed by atoms with E-state index < -0.39 is 5.97 Å². The molecule has 0 aliphatic carbocycles. The van der Waals surface area contributed by atoms with E-state index in [2.05, 4.69) is 0 Å². The number of nitrogens with zero attached hydrogens (tertiary/aromatic N) is 1. The molecule has 0 bridgehead atoms. The zero-order chi connectivity index (χ0) is 15.1. The molecule has 1 aromatic carbocycles. The number of rotatable bonds is 7. The molecule has 1 saturated heterocycles. The van der Waals surface area contributed by atoms with E-state index in [9.17, 15) is 9.59 Å². The fraction of sp³-hybridized carbons (Fsp3) is 0.500. The third-order valence-corrected chi connectivity index (χ3v) is 3.66. The highest BCUT2D eigenvalue weighted by Crippen LogP contribution is 2.18. The normalized spacial score (nSPS) is 17.9. The number of amides is 1. The lowest BCUT2D eigenvalue weighted by molar-refractivity contribution is -0.140. The number of benzene rings is 1. The van der Waals surface area contributed by atoms with Gasteiger partial charge in [0.2, 0.25) is 5.91 Å². The zero-order valence-corrected chi connectivity index (χ0v) is 12.0. The third-order valence-electron chi connectivity index (χ3n) is 3.66. The molecule has 0 radical (unpaired) electrons. The predicted octanol–water partition coefficient (Wildman–Crippen LogP) is 1.92. The molecule has 1 aliphatic rings. The van der Waals surface area contributed by atoms with Crippen molar-refractivity contribution in [1.29, 1.82) is 0 Å². The van der Waals surface area contributed by atoms with Crippen LogP contribution in [-0.2, 0) is 20.9 Å². The minimum Gasteiger partial charge on any atom is -0.481 e. The number of hydrogen-bond donors (Lipinski definition) is 1. The maximum absolute atomic E-state index is 11.8. The van der Waals surface area contributed by atoms with Crippen LogP contribution >= 0.6 is 0 Å². The van der Waals surface area contributed by atoms with Crippen LogP contribution < -0.4 is 0 Å². The Balaban J connectivity index is 1.66. The Morgan fingerprint density at radius 1 is 1.24 bits per heavy atom. The molecule has 21 heavy (non-hydrogen) atoms. The number of carbonyl (C=O) groups excluding carboxylic acids is 1. The Morgan fingerprint density at radius 2 is 2.00 bits per heavy atom. The van der Waals surface area contributed by atoms with Gasteiger partial charge in [0.25, 0.3) is 0 Å². The molecule has 1 aliphatic heterocycles. The summed E-state index contributed by atoms with van der Waals surface area (Å²) >= 11 is 0. The first-order valence-electron chi connectivity index (χ1n) is 7.26. The predicted molar refractivity (Wildman–Crippen MR) is 77.7 cm³/mol. The van der Waals surface area contributed by atoms with E-state index in [0.29, 0.717) is 32.2 Å². The van der Waals surface area contributed by atoms with Gasteiger partial charge in [0, 0.05) is 25.4 Å². The van der Waals surface area contributed by atoms with Crippen LogP contribution in [0.4, 0.5) is 0 Å². The lowest BCUT2D eigenvalue weighted by Crippen LogP contribution is -2.29. The molecule has 114 valence electrons. The van der Waals surface area contributed by atoms with Gasteiger partial charge in [0.1, 0.15) is 0 Å². The molecule has 5 heteroatoms. The van der Waals surface area contributed by atoms with Gasteiger partial charge in [-0.25, -0.2) is 0 Å². The Morgan fingerprint density at radius 3 is 2.71 bits per heavy atom. The van der Waals surface area contributed by atoms with Crippen molar-refractivity contribution in [3.63, 3.8) is 0 Å². The molecule has 5 nitrogen and oxygen atoms in total. The first-order valence-corrected chi connectivity index (χ1v) is 7.26. The van der Waals surface area contributed by atoms with E-state index in [-0.39, 0.29) is 18.7 Å². The smallest absolute Gasteiger partial charge is 0.303 e. The molecule has 1 amide bonds. The number of carboxylic acid groups (broad SMARTS) is 1. The van der Waals surface area contributed by atoms with Gasteiger partial charge >= 0.3 is 5.97 Å². The molecule has 1 fully saturated rings. The van der Waals surface area contributed by atoms with Gasteiger partial charge in [0.15, 0.2) is 0 Å². The van der Waals surface area contributed by atoms with Crippen molar-refractivity contribution >= 4 is 11.9 Å². The van der Waals surface area contributed by atoms with Gasteiger partial charge < -0.3 is 14.7 Å². The standard InChI is InChI=1S/C16H21NO4/c18-15(6-7-16(19)20)17-9-8-14(10-17)12-21-11-13-4-2-1-3-5-13/h1-5,14H,6-12H2,(H,19,20). The van der Waals surface area contributed by atoms with Gasteiger partial charge in [-0.3, -0.25) is 9.59 Å². The largest absolute Gasteiger partial charge is 0.481 e. The second-order valence-electron chi connectivity index (χ2n) is 5.39. The molecule has 1 aromatic rings. The summed E-state index contributed by atoms with van der Waals surface area (Å²) in [5.41, 5.74) is 1.14. The van der Waals surface area contributed by atoms with Crippen LogP contribution in [0.2, 0.25) is 0 Å². The van der Waals surface area contributed by atoms with Gasteiger partial charge in [-0.05, 0) is 12.0 Å². The lowest BCUT2D eigenvalue weighted by atomic mass is 10.1. The number of likely N-dealkylation sites (tertiary alicyclic amines) is 1. The van der Waals surface area contributed by atoms with Gasteiger partial charge in [-0.15, -0.1) is 0 Å². The second-order valence-corrected chi connectivity index (χ2v) is 5.39. The summed E-state index contributed by atoms with van der Waals surface area (Å²) in [6.45, 7) is 2.60. The van der Waals surface area contributed by atoms with E-state index in [1.54, 1.807) is 4.90 Å². The third kappa shape index (κ3) is 5.19. The van der Waals surface area contributed by atoms with E-state index in [1.165, 1.54) is 0 Å². The maximum Gasteiger partial charge on any atom is 0.303 e. The molecule has 1 N–H and O–H groups in total. The Labute approximate surface area is 124 Å². The molecule has 0 saturated carbocycles. The summed E-state index contributed by atoms with van der Waals surface area (Å²) in [6.07, 6.45) is 0.922. The van der Waals surface area contributed by atoms with Crippen LogP contribution in [0.5, 0.6) is 0 Å². The molecule has 1 atom stereocenters. The van der Waals surface area contributed by atoms with Crippen molar-refractivity contribution in [3.05, 3.63) is 35.9 Å². The number of aliphatic carboxylic acids is 1. The highest BCUT2D eigenvalue weighted by molar-refractivity contribution is 5.80. The minimum absolute atomic E-state index is 0.0667.